The van der Waals surface area contributed by atoms with Crippen molar-refractivity contribution in [2.45, 2.75) is 26.8 Å². The summed E-state index contributed by atoms with van der Waals surface area (Å²) in [6.45, 7) is 10.9. The van der Waals surface area contributed by atoms with E-state index in [2.05, 4.69) is 28.5 Å². The fraction of sp³-hybridized carbons (Fsp3) is 0.231. The molecular formula is C26H28FN5O. The number of methoxy groups -OCH3 is 1. The van der Waals surface area contributed by atoms with E-state index in [0.29, 0.717) is 6.54 Å². The van der Waals surface area contributed by atoms with Gasteiger partial charge in [-0.25, -0.2) is 9.37 Å². The van der Waals surface area contributed by atoms with E-state index >= 15 is 0 Å². The highest BCUT2D eigenvalue weighted by atomic mass is 19.1. The van der Waals surface area contributed by atoms with Gasteiger partial charge in [0.1, 0.15) is 11.6 Å². The Kier molecular flexibility index (Phi) is 6.31. The second kappa shape index (κ2) is 9.32. The van der Waals surface area contributed by atoms with E-state index in [1.807, 2.05) is 53.5 Å². The van der Waals surface area contributed by atoms with E-state index in [1.54, 1.807) is 25.6 Å². The number of nitrogens with one attached hydrogen (secondary N) is 1. The highest BCUT2D eigenvalue weighted by Gasteiger charge is 2.12. The molecule has 0 saturated carbocycles. The summed E-state index contributed by atoms with van der Waals surface area (Å²) in [5, 5.41) is 1.65. The zero-order valence-corrected chi connectivity index (χ0v) is 19.3. The van der Waals surface area contributed by atoms with Crippen molar-refractivity contribution in [3.05, 3.63) is 93.9 Å². The molecule has 7 heteroatoms. The van der Waals surface area contributed by atoms with E-state index in [1.165, 1.54) is 12.1 Å². The van der Waals surface area contributed by atoms with Gasteiger partial charge in [-0.3, -0.25) is 4.99 Å². The van der Waals surface area contributed by atoms with Crippen molar-refractivity contribution in [3.8, 4) is 11.4 Å². The Hall–Kier alpha value is -3.87. The molecule has 2 aromatic carbocycles. The van der Waals surface area contributed by atoms with Gasteiger partial charge in [-0.15, -0.1) is 0 Å². The number of halogens is 1. The highest BCUT2D eigenvalue weighted by Crippen LogP contribution is 2.24. The van der Waals surface area contributed by atoms with Gasteiger partial charge < -0.3 is 18.9 Å². The van der Waals surface area contributed by atoms with Crippen LogP contribution in [0.15, 0.2) is 60.0 Å². The summed E-state index contributed by atoms with van der Waals surface area (Å²) in [6.07, 6.45) is 5.75. The smallest absolute Gasteiger partial charge is 0.203 e. The molecule has 1 N–H and O–H groups in total. The minimum atomic E-state index is -0.254. The van der Waals surface area contributed by atoms with E-state index in [-0.39, 0.29) is 11.9 Å². The first-order chi connectivity index (χ1) is 15.9. The number of H-pyrrole nitrogens is 1. The van der Waals surface area contributed by atoms with Crippen LogP contribution in [-0.4, -0.2) is 32.8 Å². The van der Waals surface area contributed by atoms with E-state index in [0.717, 1.165) is 44.6 Å². The van der Waals surface area contributed by atoms with Gasteiger partial charge in [0, 0.05) is 12.7 Å². The van der Waals surface area contributed by atoms with Crippen LogP contribution in [0, 0.1) is 12.7 Å². The van der Waals surface area contributed by atoms with Gasteiger partial charge in [0.25, 0.3) is 0 Å². The number of imidazole rings is 2. The van der Waals surface area contributed by atoms with Crippen LogP contribution >= 0.6 is 0 Å². The number of aromatic nitrogens is 4. The molecule has 170 valence electrons. The number of ether oxygens (including phenoxy) is 1. The first-order valence-corrected chi connectivity index (χ1v) is 10.9. The normalized spacial score (nSPS) is 13.5. The second-order valence-corrected chi connectivity index (χ2v) is 7.88. The summed E-state index contributed by atoms with van der Waals surface area (Å²) in [5.41, 5.74) is 4.52. The van der Waals surface area contributed by atoms with Crippen LogP contribution in [0.25, 0.3) is 18.3 Å². The van der Waals surface area contributed by atoms with Crippen molar-refractivity contribution < 1.29 is 9.13 Å². The predicted octanol–water partition coefficient (Wildman–Crippen LogP) is 3.23. The Balaban J connectivity index is 1.80. The van der Waals surface area contributed by atoms with Crippen LogP contribution in [0.1, 0.15) is 36.7 Å². The van der Waals surface area contributed by atoms with Crippen LogP contribution in [0.3, 0.4) is 0 Å². The molecular weight excluding hydrogens is 417 g/mol. The van der Waals surface area contributed by atoms with Crippen LogP contribution in [-0.2, 0) is 0 Å². The zero-order chi connectivity index (χ0) is 23.5. The van der Waals surface area contributed by atoms with Gasteiger partial charge in [-0.1, -0.05) is 24.8 Å². The Morgan fingerprint density at radius 3 is 2.64 bits per heavy atom. The molecule has 0 aliphatic heterocycles. The van der Waals surface area contributed by atoms with Crippen LogP contribution < -0.4 is 21.1 Å². The number of benzene rings is 2. The number of aromatic amines is 1. The molecule has 1 atom stereocenters. The maximum Gasteiger partial charge on any atom is 0.203 e. The molecule has 0 aliphatic carbocycles. The fourth-order valence-corrected chi connectivity index (χ4v) is 3.92. The highest BCUT2D eigenvalue weighted by molar-refractivity contribution is 5.58. The summed E-state index contributed by atoms with van der Waals surface area (Å²) < 4.78 is 23.0. The molecule has 4 aromatic rings. The van der Waals surface area contributed by atoms with Crippen LogP contribution in [0.5, 0.6) is 5.75 Å². The second-order valence-electron chi connectivity index (χ2n) is 7.88. The largest absolute Gasteiger partial charge is 0.495 e. The van der Waals surface area contributed by atoms with E-state index in [9.17, 15) is 4.39 Å². The summed E-state index contributed by atoms with van der Waals surface area (Å²) in [5.74, 6) is 0.486. The quantitative estimate of drug-likeness (QED) is 0.495. The average Bonchev–Trinajstić information content (AvgIpc) is 3.37. The van der Waals surface area contributed by atoms with Crippen LogP contribution in [0.2, 0.25) is 0 Å². The first-order valence-electron chi connectivity index (χ1n) is 10.9. The lowest BCUT2D eigenvalue weighted by molar-refractivity contribution is 0.413. The maximum atomic E-state index is 13.4. The van der Waals surface area contributed by atoms with Gasteiger partial charge in [0.2, 0.25) is 5.62 Å². The van der Waals surface area contributed by atoms with Gasteiger partial charge in [-0.05, 0) is 62.2 Å². The fourth-order valence-electron chi connectivity index (χ4n) is 3.92. The Labute approximate surface area is 192 Å². The molecule has 33 heavy (non-hydrogen) atoms. The summed E-state index contributed by atoms with van der Waals surface area (Å²) >= 11 is 0. The SMILES string of the molecule is C=c1/c(=C/c2ccc(-n3cnc(C)c3)c(OC)c2)[nH]/c(=N\CC)n1C(C)c1ccc(F)cc1. The number of rotatable bonds is 6. The Morgan fingerprint density at radius 2 is 2.00 bits per heavy atom. The molecule has 0 spiro atoms. The Bertz CT molecular complexity index is 1440. The van der Waals surface area contributed by atoms with Crippen LogP contribution in [0.4, 0.5) is 4.39 Å². The maximum absolute atomic E-state index is 13.4. The molecule has 0 bridgehead atoms. The topological polar surface area (TPSA) is 60.1 Å². The van der Waals surface area contributed by atoms with Gasteiger partial charge in [0.15, 0.2) is 0 Å². The zero-order valence-electron chi connectivity index (χ0n) is 19.3. The van der Waals surface area contributed by atoms with Crippen molar-refractivity contribution in [2.24, 2.45) is 4.99 Å². The van der Waals surface area contributed by atoms with Crippen molar-refractivity contribution in [2.75, 3.05) is 13.7 Å². The number of aryl methyl sites for hydroxylation is 1. The standard InChI is InChI=1S/C26H28FN5O/c1-6-28-26-30-23(19(4)32(26)18(3)21-8-10-22(27)11-9-21)13-20-7-12-24(25(14-20)33-5)31-15-17(2)29-16-31/h7-16,18H,4,6H2,1-3,5H3,(H,28,30)/b23-13-. The van der Waals surface area contributed by atoms with Gasteiger partial charge in [0.05, 0.1) is 41.6 Å². The Morgan fingerprint density at radius 1 is 1.24 bits per heavy atom. The predicted molar refractivity (Wildman–Crippen MR) is 128 cm³/mol. The summed E-state index contributed by atoms with van der Waals surface area (Å²) in [4.78, 5) is 12.3. The molecule has 0 fully saturated rings. The van der Waals surface area contributed by atoms with Crippen molar-refractivity contribution in [1.82, 2.24) is 19.1 Å². The number of nitrogens with zero attached hydrogens (tertiary/aromatic N) is 4. The first kappa shape index (κ1) is 22.3. The summed E-state index contributed by atoms with van der Waals surface area (Å²) in [7, 11) is 1.66. The monoisotopic (exact) mass is 445 g/mol. The van der Waals surface area contributed by atoms with E-state index < -0.39 is 0 Å². The minimum Gasteiger partial charge on any atom is -0.495 e. The third-order valence-corrected chi connectivity index (χ3v) is 5.63. The van der Waals surface area contributed by atoms with Gasteiger partial charge >= 0.3 is 0 Å². The molecule has 0 saturated heterocycles. The van der Waals surface area contributed by atoms with Crippen molar-refractivity contribution >= 4 is 12.7 Å². The third-order valence-electron chi connectivity index (χ3n) is 5.63. The van der Waals surface area contributed by atoms with E-state index in [4.69, 9.17) is 4.74 Å². The lowest BCUT2D eigenvalue weighted by Gasteiger charge is -2.14. The molecule has 0 amide bonds. The lowest BCUT2D eigenvalue weighted by atomic mass is 10.1. The van der Waals surface area contributed by atoms with Crippen molar-refractivity contribution in [1.29, 1.82) is 0 Å². The van der Waals surface area contributed by atoms with Crippen molar-refractivity contribution in [3.63, 3.8) is 0 Å². The number of hydrogen-bond acceptors (Lipinski definition) is 3. The molecule has 0 aliphatic rings. The average molecular weight is 446 g/mol. The summed E-state index contributed by atoms with van der Waals surface area (Å²) in [6, 6.07) is 12.5. The third kappa shape index (κ3) is 4.53. The number of hydrogen-bond donors (Lipinski definition) is 1. The van der Waals surface area contributed by atoms with Gasteiger partial charge in [-0.2, -0.15) is 0 Å². The molecule has 2 heterocycles. The molecule has 2 aromatic heterocycles. The molecule has 0 radical (unpaired) electrons. The minimum absolute atomic E-state index is 0.0665. The lowest BCUT2D eigenvalue weighted by Crippen LogP contribution is -2.34. The molecule has 1 unspecified atom stereocenters. The molecule has 4 rings (SSSR count). The molecule has 6 nitrogen and oxygen atoms in total.